The van der Waals surface area contributed by atoms with Gasteiger partial charge in [-0.3, -0.25) is 4.79 Å². The van der Waals surface area contributed by atoms with Crippen molar-refractivity contribution in [2.45, 2.75) is 26.7 Å². The first-order chi connectivity index (χ1) is 9.64. The molecule has 1 aromatic carbocycles. The van der Waals surface area contributed by atoms with Gasteiger partial charge in [0.25, 0.3) is 5.91 Å². The summed E-state index contributed by atoms with van der Waals surface area (Å²) in [5, 5.41) is 4.16. The van der Waals surface area contributed by atoms with Crippen LogP contribution in [0.5, 0.6) is 0 Å². The van der Waals surface area contributed by atoms with Gasteiger partial charge < -0.3 is 5.32 Å². The summed E-state index contributed by atoms with van der Waals surface area (Å²) in [6.07, 6.45) is 1.94. The van der Waals surface area contributed by atoms with E-state index in [0.29, 0.717) is 12.4 Å². The lowest BCUT2D eigenvalue weighted by Crippen LogP contribution is -2.38. The number of thiophene rings is 1. The molecule has 0 saturated carbocycles. The fraction of sp³-hybridized carbons (Fsp3) is 0.438. The molecule has 0 unspecified atom stereocenters. The van der Waals surface area contributed by atoms with E-state index in [2.05, 4.69) is 19.2 Å². The second-order valence-electron chi connectivity index (χ2n) is 5.17. The Morgan fingerprint density at radius 3 is 2.60 bits per heavy atom. The van der Waals surface area contributed by atoms with Crippen molar-refractivity contribution in [2.75, 3.05) is 12.4 Å². The average molecular weight is 310 g/mol. The van der Waals surface area contributed by atoms with Crippen LogP contribution in [0, 0.1) is 5.41 Å². The number of hydrogen-bond donors (Lipinski definition) is 1. The number of benzene rings is 1. The van der Waals surface area contributed by atoms with E-state index < -0.39 is 0 Å². The Kier molecular flexibility index (Phi) is 5.06. The molecule has 0 spiro atoms. The van der Waals surface area contributed by atoms with E-state index in [1.54, 1.807) is 0 Å². The summed E-state index contributed by atoms with van der Waals surface area (Å²) in [4.78, 5) is 13.0. The minimum atomic E-state index is 0.00240. The van der Waals surface area contributed by atoms with Crippen molar-refractivity contribution in [1.82, 2.24) is 5.32 Å². The highest BCUT2D eigenvalue weighted by Gasteiger charge is 2.26. The van der Waals surface area contributed by atoms with Crippen LogP contribution in [0.4, 0.5) is 0 Å². The maximum Gasteiger partial charge on any atom is 0.261 e. The molecule has 108 valence electrons. The number of hydrogen-bond acceptors (Lipinski definition) is 2. The molecule has 2 rings (SSSR count). The summed E-state index contributed by atoms with van der Waals surface area (Å²) in [6.45, 7) is 4.88. The fourth-order valence-corrected chi connectivity index (χ4v) is 3.64. The van der Waals surface area contributed by atoms with Crippen molar-refractivity contribution in [2.24, 2.45) is 5.41 Å². The molecular weight excluding hydrogens is 290 g/mol. The Morgan fingerprint density at radius 2 is 2.00 bits per heavy atom. The standard InChI is InChI=1S/C16H20ClNOS/c1-3-16(4-2,10-17)11-18-15(19)14-9-12-7-5-6-8-13(12)20-14/h5-9H,3-4,10-11H2,1-2H3,(H,18,19). The zero-order valence-electron chi connectivity index (χ0n) is 11.9. The summed E-state index contributed by atoms with van der Waals surface area (Å²) in [5.74, 6) is 0.578. The van der Waals surface area contributed by atoms with Gasteiger partial charge in [0.2, 0.25) is 0 Å². The van der Waals surface area contributed by atoms with Gasteiger partial charge in [-0.2, -0.15) is 0 Å². The van der Waals surface area contributed by atoms with Crippen LogP contribution in [0.25, 0.3) is 10.1 Å². The topological polar surface area (TPSA) is 29.1 Å². The summed E-state index contributed by atoms with van der Waals surface area (Å²) in [5.41, 5.74) is 0.00784. The summed E-state index contributed by atoms with van der Waals surface area (Å²) < 4.78 is 1.15. The molecule has 2 nitrogen and oxygen atoms in total. The molecule has 4 heteroatoms. The molecule has 0 atom stereocenters. The normalized spacial score (nSPS) is 11.8. The second kappa shape index (κ2) is 6.59. The molecule has 1 heterocycles. The third kappa shape index (κ3) is 3.15. The van der Waals surface area contributed by atoms with E-state index in [9.17, 15) is 4.79 Å². The molecule has 1 N–H and O–H groups in total. The SMILES string of the molecule is CCC(CC)(CCl)CNC(=O)c1cc2ccccc2s1. The molecule has 20 heavy (non-hydrogen) atoms. The van der Waals surface area contributed by atoms with Gasteiger partial charge in [-0.05, 0) is 30.4 Å². The summed E-state index contributed by atoms with van der Waals surface area (Å²) in [6, 6.07) is 10.0. The first kappa shape index (κ1) is 15.3. The van der Waals surface area contributed by atoms with Crippen molar-refractivity contribution in [1.29, 1.82) is 0 Å². The molecular formula is C16H20ClNOS. The zero-order valence-corrected chi connectivity index (χ0v) is 13.5. The summed E-state index contributed by atoms with van der Waals surface area (Å²) >= 11 is 7.60. The van der Waals surface area contributed by atoms with E-state index in [1.165, 1.54) is 11.3 Å². The number of carbonyl (C=O) groups is 1. The predicted octanol–water partition coefficient (Wildman–Crippen LogP) is 4.68. The Balaban J connectivity index is 2.08. The van der Waals surface area contributed by atoms with Gasteiger partial charge in [0.1, 0.15) is 0 Å². The average Bonchev–Trinajstić information content (AvgIpc) is 2.93. The number of amides is 1. The van der Waals surface area contributed by atoms with Crippen molar-refractivity contribution in [3.05, 3.63) is 35.2 Å². The Morgan fingerprint density at radius 1 is 1.30 bits per heavy atom. The largest absolute Gasteiger partial charge is 0.351 e. The third-order valence-electron chi connectivity index (χ3n) is 4.06. The molecule has 0 aliphatic carbocycles. The minimum Gasteiger partial charge on any atom is -0.351 e. The van der Waals surface area contributed by atoms with Crippen LogP contribution in [-0.2, 0) is 0 Å². The van der Waals surface area contributed by atoms with Crippen LogP contribution in [0.15, 0.2) is 30.3 Å². The quantitative estimate of drug-likeness (QED) is 0.771. The number of fused-ring (bicyclic) bond motifs is 1. The number of rotatable bonds is 6. The lowest BCUT2D eigenvalue weighted by Gasteiger charge is -2.29. The predicted molar refractivity (Wildman–Crippen MR) is 87.9 cm³/mol. The molecule has 0 fully saturated rings. The van der Waals surface area contributed by atoms with Crippen molar-refractivity contribution in [3.63, 3.8) is 0 Å². The van der Waals surface area contributed by atoms with Crippen LogP contribution in [0.2, 0.25) is 0 Å². The first-order valence-electron chi connectivity index (χ1n) is 6.97. The molecule has 2 aromatic rings. The van der Waals surface area contributed by atoms with Gasteiger partial charge in [-0.15, -0.1) is 22.9 Å². The Labute approximate surface area is 129 Å². The number of halogens is 1. The monoisotopic (exact) mass is 309 g/mol. The van der Waals surface area contributed by atoms with Gasteiger partial charge in [0.15, 0.2) is 0 Å². The van der Waals surface area contributed by atoms with Gasteiger partial charge in [-0.1, -0.05) is 32.0 Å². The maximum atomic E-state index is 12.3. The summed E-state index contributed by atoms with van der Waals surface area (Å²) in [7, 11) is 0. The lowest BCUT2D eigenvalue weighted by molar-refractivity contribution is 0.0936. The zero-order chi connectivity index (χ0) is 14.6. The van der Waals surface area contributed by atoms with Crippen LogP contribution in [0.3, 0.4) is 0 Å². The molecule has 1 aromatic heterocycles. The van der Waals surface area contributed by atoms with Crippen molar-refractivity contribution >= 4 is 38.9 Å². The van der Waals surface area contributed by atoms with Crippen molar-refractivity contribution < 1.29 is 4.79 Å². The highest BCUT2D eigenvalue weighted by molar-refractivity contribution is 7.20. The molecule has 0 radical (unpaired) electrons. The van der Waals surface area contributed by atoms with Gasteiger partial charge in [0.05, 0.1) is 4.88 Å². The van der Waals surface area contributed by atoms with Gasteiger partial charge in [-0.25, -0.2) is 0 Å². The lowest BCUT2D eigenvalue weighted by atomic mass is 9.84. The second-order valence-corrected chi connectivity index (χ2v) is 6.52. The van der Waals surface area contributed by atoms with E-state index in [0.717, 1.165) is 27.8 Å². The minimum absolute atomic E-state index is 0.00240. The van der Waals surface area contributed by atoms with Crippen LogP contribution >= 0.6 is 22.9 Å². The smallest absolute Gasteiger partial charge is 0.261 e. The first-order valence-corrected chi connectivity index (χ1v) is 8.32. The van der Waals surface area contributed by atoms with E-state index in [-0.39, 0.29) is 11.3 Å². The molecule has 0 aliphatic heterocycles. The van der Waals surface area contributed by atoms with E-state index in [4.69, 9.17) is 11.6 Å². The van der Waals surface area contributed by atoms with Gasteiger partial charge >= 0.3 is 0 Å². The Bertz CT molecular complexity index is 548. The number of carbonyl (C=O) groups excluding carboxylic acids is 1. The number of alkyl halides is 1. The van der Waals surface area contributed by atoms with Gasteiger partial charge in [0, 0.05) is 22.5 Å². The van der Waals surface area contributed by atoms with E-state index in [1.807, 2.05) is 30.3 Å². The van der Waals surface area contributed by atoms with E-state index >= 15 is 0 Å². The molecule has 0 saturated heterocycles. The van der Waals surface area contributed by atoms with Crippen LogP contribution in [-0.4, -0.2) is 18.3 Å². The molecule has 1 amide bonds. The van der Waals surface area contributed by atoms with Crippen molar-refractivity contribution in [3.8, 4) is 0 Å². The molecule has 0 aliphatic rings. The Hall–Kier alpha value is -1.06. The number of nitrogens with one attached hydrogen (secondary N) is 1. The van der Waals surface area contributed by atoms with Crippen LogP contribution in [0.1, 0.15) is 36.4 Å². The highest BCUT2D eigenvalue weighted by Crippen LogP contribution is 2.28. The molecule has 0 bridgehead atoms. The van der Waals surface area contributed by atoms with Crippen LogP contribution < -0.4 is 5.32 Å². The third-order valence-corrected chi connectivity index (χ3v) is 5.74. The maximum absolute atomic E-state index is 12.3. The highest BCUT2D eigenvalue weighted by atomic mass is 35.5. The fourth-order valence-electron chi connectivity index (χ4n) is 2.18.